The molecule has 1 rings (SSSR count). The van der Waals surface area contributed by atoms with Crippen molar-refractivity contribution < 1.29 is 4.39 Å². The Morgan fingerprint density at radius 2 is 2.08 bits per heavy atom. The van der Waals surface area contributed by atoms with Crippen molar-refractivity contribution in [2.24, 2.45) is 5.92 Å². The number of benzene rings is 1. The van der Waals surface area contributed by atoms with E-state index >= 15 is 0 Å². The van der Waals surface area contributed by atoms with Gasteiger partial charge in [0.1, 0.15) is 5.82 Å². The molecule has 0 spiro atoms. The zero-order valence-corrected chi connectivity index (χ0v) is 10.5. The monoisotopic (exact) mass is 308 g/mol. The van der Waals surface area contributed by atoms with Gasteiger partial charge in [0.05, 0.1) is 0 Å². The summed E-state index contributed by atoms with van der Waals surface area (Å²) in [5, 5.41) is 0.946. The first-order valence-electron chi connectivity index (χ1n) is 4.12. The van der Waals surface area contributed by atoms with E-state index in [1.165, 1.54) is 6.07 Å². The Morgan fingerprint density at radius 3 is 2.62 bits per heavy atom. The average Bonchev–Trinajstić information content (AvgIpc) is 2.02. The minimum Gasteiger partial charge on any atom is -0.207 e. The normalized spacial score (nSPS) is 12.9. The molecule has 0 N–H and O–H groups in total. The van der Waals surface area contributed by atoms with Gasteiger partial charge in [-0.15, -0.1) is 0 Å². The predicted octanol–water partition coefficient (Wildman–Crippen LogP) is 4.16. The molecule has 0 aliphatic rings. The molecule has 0 bridgehead atoms. The van der Waals surface area contributed by atoms with Crippen LogP contribution in [0.1, 0.15) is 12.5 Å². The fraction of sp³-hybridized carbons (Fsp3) is 0.400. The van der Waals surface area contributed by atoms with Gasteiger partial charge in [-0.2, -0.15) is 0 Å². The van der Waals surface area contributed by atoms with Crippen LogP contribution in [0.4, 0.5) is 4.39 Å². The highest BCUT2D eigenvalue weighted by Crippen LogP contribution is 2.18. The molecule has 0 fully saturated rings. The highest BCUT2D eigenvalue weighted by molar-refractivity contribution is 9.10. The predicted molar refractivity (Wildman–Crippen MR) is 60.8 cm³/mol. The van der Waals surface area contributed by atoms with E-state index in [-0.39, 0.29) is 5.82 Å². The molecular formula is C10H11Br2F. The highest BCUT2D eigenvalue weighted by Gasteiger charge is 2.04. The average molecular weight is 310 g/mol. The number of halogens is 3. The lowest BCUT2D eigenvalue weighted by molar-refractivity contribution is 0.615. The Bertz CT molecular complexity index is 266. The van der Waals surface area contributed by atoms with Gasteiger partial charge in [-0.05, 0) is 36.1 Å². The number of hydrogen-bond acceptors (Lipinski definition) is 0. The van der Waals surface area contributed by atoms with E-state index in [0.717, 1.165) is 21.8 Å². The molecule has 0 radical (unpaired) electrons. The van der Waals surface area contributed by atoms with E-state index in [2.05, 4.69) is 38.8 Å². The standard InChI is InChI=1S/C10H11Br2F/c1-7(6-11)2-8-3-9(12)5-10(13)4-8/h3-5,7H,2,6H2,1H3. The van der Waals surface area contributed by atoms with Crippen molar-refractivity contribution in [1.29, 1.82) is 0 Å². The Kier molecular flexibility index (Phi) is 4.39. The number of alkyl halides is 1. The van der Waals surface area contributed by atoms with Crippen molar-refractivity contribution in [2.75, 3.05) is 5.33 Å². The Balaban J connectivity index is 2.77. The van der Waals surface area contributed by atoms with Crippen molar-refractivity contribution in [2.45, 2.75) is 13.3 Å². The van der Waals surface area contributed by atoms with Crippen LogP contribution in [0.5, 0.6) is 0 Å². The van der Waals surface area contributed by atoms with Crippen molar-refractivity contribution in [3.8, 4) is 0 Å². The third-order valence-corrected chi connectivity index (χ3v) is 3.33. The Hall–Kier alpha value is 0.110. The summed E-state index contributed by atoms with van der Waals surface area (Å²) in [7, 11) is 0. The van der Waals surface area contributed by atoms with Crippen molar-refractivity contribution >= 4 is 31.9 Å². The molecule has 13 heavy (non-hydrogen) atoms. The first-order valence-corrected chi connectivity index (χ1v) is 6.04. The SMILES string of the molecule is CC(CBr)Cc1cc(F)cc(Br)c1. The van der Waals surface area contributed by atoms with Crippen LogP contribution in [0, 0.1) is 11.7 Å². The Morgan fingerprint density at radius 1 is 1.38 bits per heavy atom. The van der Waals surface area contributed by atoms with Gasteiger partial charge in [-0.3, -0.25) is 0 Å². The van der Waals surface area contributed by atoms with Gasteiger partial charge in [0.15, 0.2) is 0 Å². The molecule has 0 amide bonds. The fourth-order valence-corrected chi connectivity index (χ4v) is 1.93. The maximum atomic E-state index is 12.9. The number of rotatable bonds is 3. The van der Waals surface area contributed by atoms with Crippen LogP contribution >= 0.6 is 31.9 Å². The molecule has 0 saturated heterocycles. The van der Waals surface area contributed by atoms with Crippen molar-refractivity contribution in [3.63, 3.8) is 0 Å². The maximum absolute atomic E-state index is 12.9. The zero-order valence-electron chi connectivity index (χ0n) is 7.36. The van der Waals surface area contributed by atoms with Crippen molar-refractivity contribution in [3.05, 3.63) is 34.1 Å². The van der Waals surface area contributed by atoms with Crippen LogP contribution in [-0.4, -0.2) is 5.33 Å². The van der Waals surface area contributed by atoms with Gasteiger partial charge in [-0.1, -0.05) is 38.8 Å². The molecule has 0 aromatic heterocycles. The lowest BCUT2D eigenvalue weighted by Gasteiger charge is -2.07. The van der Waals surface area contributed by atoms with E-state index in [9.17, 15) is 4.39 Å². The second kappa shape index (κ2) is 5.11. The van der Waals surface area contributed by atoms with E-state index in [4.69, 9.17) is 0 Å². The summed E-state index contributed by atoms with van der Waals surface area (Å²) >= 11 is 6.68. The van der Waals surface area contributed by atoms with E-state index in [1.807, 2.05) is 6.07 Å². The van der Waals surface area contributed by atoms with Crippen LogP contribution in [0.2, 0.25) is 0 Å². The van der Waals surface area contributed by atoms with E-state index in [1.54, 1.807) is 6.07 Å². The van der Waals surface area contributed by atoms with Gasteiger partial charge in [-0.25, -0.2) is 4.39 Å². The quantitative estimate of drug-likeness (QED) is 0.735. The molecule has 1 aromatic carbocycles. The summed E-state index contributed by atoms with van der Waals surface area (Å²) in [6.07, 6.45) is 0.904. The zero-order chi connectivity index (χ0) is 9.84. The third kappa shape index (κ3) is 3.77. The van der Waals surface area contributed by atoms with Gasteiger partial charge >= 0.3 is 0 Å². The molecule has 1 atom stereocenters. The number of hydrogen-bond donors (Lipinski definition) is 0. The molecule has 0 aliphatic carbocycles. The smallest absolute Gasteiger partial charge is 0.124 e. The highest BCUT2D eigenvalue weighted by atomic mass is 79.9. The molecule has 1 aromatic rings. The summed E-state index contributed by atoms with van der Waals surface area (Å²) in [4.78, 5) is 0. The van der Waals surface area contributed by atoms with E-state index < -0.39 is 0 Å². The first kappa shape index (κ1) is 11.2. The molecule has 0 heterocycles. The maximum Gasteiger partial charge on any atom is 0.124 e. The summed E-state index contributed by atoms with van der Waals surface area (Å²) in [5.41, 5.74) is 1.04. The molecular weight excluding hydrogens is 299 g/mol. The molecule has 0 aliphatic heterocycles. The fourth-order valence-electron chi connectivity index (χ4n) is 1.19. The van der Waals surface area contributed by atoms with Gasteiger partial charge < -0.3 is 0 Å². The molecule has 0 nitrogen and oxygen atoms in total. The van der Waals surface area contributed by atoms with E-state index in [0.29, 0.717) is 5.92 Å². The van der Waals surface area contributed by atoms with Crippen LogP contribution in [0.3, 0.4) is 0 Å². The van der Waals surface area contributed by atoms with Crippen LogP contribution in [-0.2, 0) is 6.42 Å². The second-order valence-electron chi connectivity index (χ2n) is 3.24. The van der Waals surface area contributed by atoms with Gasteiger partial charge in [0.2, 0.25) is 0 Å². The minimum absolute atomic E-state index is 0.175. The lowest BCUT2D eigenvalue weighted by atomic mass is 10.0. The summed E-state index contributed by atoms with van der Waals surface area (Å²) in [6.45, 7) is 2.13. The molecule has 0 saturated carbocycles. The van der Waals surface area contributed by atoms with Gasteiger partial charge in [0.25, 0.3) is 0 Å². The topological polar surface area (TPSA) is 0 Å². The van der Waals surface area contributed by atoms with Crippen LogP contribution < -0.4 is 0 Å². The molecule has 3 heteroatoms. The summed E-state index contributed by atoms with van der Waals surface area (Å²) in [6, 6.07) is 5.02. The minimum atomic E-state index is -0.175. The summed E-state index contributed by atoms with van der Waals surface area (Å²) in [5.74, 6) is 0.361. The van der Waals surface area contributed by atoms with Crippen LogP contribution in [0.15, 0.2) is 22.7 Å². The third-order valence-electron chi connectivity index (χ3n) is 1.77. The van der Waals surface area contributed by atoms with Gasteiger partial charge in [0, 0.05) is 9.80 Å². The van der Waals surface area contributed by atoms with Crippen molar-refractivity contribution in [1.82, 2.24) is 0 Å². The Labute approximate surface area is 94.8 Å². The lowest BCUT2D eigenvalue weighted by Crippen LogP contribution is -2.00. The van der Waals surface area contributed by atoms with Crippen LogP contribution in [0.25, 0.3) is 0 Å². The summed E-state index contributed by atoms with van der Waals surface area (Å²) < 4.78 is 13.8. The molecule has 1 unspecified atom stereocenters. The molecule has 72 valence electrons. The second-order valence-corrected chi connectivity index (χ2v) is 4.80. The first-order chi connectivity index (χ1) is 6.11. The largest absolute Gasteiger partial charge is 0.207 e.